The van der Waals surface area contributed by atoms with E-state index in [1.54, 1.807) is 19.1 Å². The first kappa shape index (κ1) is 15.0. The summed E-state index contributed by atoms with van der Waals surface area (Å²) in [5.41, 5.74) is 0.345. The Morgan fingerprint density at radius 3 is 2.50 bits per heavy atom. The summed E-state index contributed by atoms with van der Waals surface area (Å²) in [6.07, 6.45) is 1.16. The number of carbonyl (C=O) groups is 1. The summed E-state index contributed by atoms with van der Waals surface area (Å²) in [6, 6.07) is 4.77. The molecule has 0 radical (unpaired) electrons. The molecule has 0 spiro atoms. The van der Waals surface area contributed by atoms with E-state index < -0.39 is 16.3 Å². The van der Waals surface area contributed by atoms with Crippen molar-refractivity contribution in [1.82, 2.24) is 0 Å². The number of benzene rings is 1. The predicted molar refractivity (Wildman–Crippen MR) is 83.0 cm³/mol. The second-order valence-electron chi connectivity index (χ2n) is 5.25. The molecule has 7 heteroatoms. The van der Waals surface area contributed by atoms with Crippen molar-refractivity contribution in [2.45, 2.75) is 19.8 Å². The number of rotatable bonds is 3. The number of nitro benzene ring substituents is 1. The van der Waals surface area contributed by atoms with Crippen molar-refractivity contribution in [3.63, 3.8) is 0 Å². The molecular weight excluding hydrogens is 375 g/mol. The third kappa shape index (κ3) is 2.87. The quantitative estimate of drug-likeness (QED) is 0.488. The number of aliphatic carboxylic acids is 1. The number of nitro groups is 1. The summed E-state index contributed by atoms with van der Waals surface area (Å²) < 4.78 is 0.815. The average Bonchev–Trinajstić information content (AvgIpc) is 2.39. The number of hydrogen-bond donors (Lipinski definition) is 1. The number of nitrogens with zero attached hydrogens (tertiary/aromatic N) is 2. The van der Waals surface area contributed by atoms with Gasteiger partial charge < -0.3 is 10.0 Å². The fourth-order valence-electron chi connectivity index (χ4n) is 2.32. The molecule has 1 aliphatic rings. The molecule has 20 heavy (non-hydrogen) atoms. The summed E-state index contributed by atoms with van der Waals surface area (Å²) >= 11 is 2.08. The molecule has 1 aromatic rings. The Kier molecular flexibility index (Phi) is 4.17. The van der Waals surface area contributed by atoms with Gasteiger partial charge in [0.25, 0.3) is 5.69 Å². The molecule has 1 aliphatic heterocycles. The van der Waals surface area contributed by atoms with E-state index in [0.29, 0.717) is 25.9 Å². The van der Waals surface area contributed by atoms with Crippen LogP contribution in [0.3, 0.4) is 0 Å². The highest BCUT2D eigenvalue weighted by Gasteiger charge is 2.37. The van der Waals surface area contributed by atoms with Crippen LogP contribution in [0.15, 0.2) is 18.2 Å². The van der Waals surface area contributed by atoms with Crippen LogP contribution in [0.2, 0.25) is 0 Å². The summed E-state index contributed by atoms with van der Waals surface area (Å²) in [4.78, 5) is 23.6. The lowest BCUT2D eigenvalue weighted by Gasteiger charge is -2.38. The average molecular weight is 390 g/mol. The first-order valence-electron chi connectivity index (χ1n) is 6.26. The highest BCUT2D eigenvalue weighted by molar-refractivity contribution is 14.1. The largest absolute Gasteiger partial charge is 0.481 e. The minimum atomic E-state index is -0.754. The number of carboxylic acids is 1. The minimum Gasteiger partial charge on any atom is -0.481 e. The zero-order valence-electron chi connectivity index (χ0n) is 11.0. The number of carboxylic acid groups (broad SMARTS) is 1. The first-order chi connectivity index (χ1) is 9.33. The highest BCUT2D eigenvalue weighted by atomic mass is 127. The van der Waals surface area contributed by atoms with Crippen molar-refractivity contribution in [2.75, 3.05) is 18.0 Å². The van der Waals surface area contributed by atoms with Crippen LogP contribution in [0.25, 0.3) is 0 Å². The lowest BCUT2D eigenvalue weighted by Crippen LogP contribution is -2.43. The van der Waals surface area contributed by atoms with Gasteiger partial charge in [-0.2, -0.15) is 0 Å². The third-order valence-corrected chi connectivity index (χ3v) is 4.73. The number of hydrogen-bond acceptors (Lipinski definition) is 4. The fourth-order valence-corrected chi connectivity index (χ4v) is 3.16. The van der Waals surface area contributed by atoms with Crippen molar-refractivity contribution < 1.29 is 14.8 Å². The maximum Gasteiger partial charge on any atom is 0.309 e. The summed E-state index contributed by atoms with van der Waals surface area (Å²) in [5, 5.41) is 19.9. The van der Waals surface area contributed by atoms with E-state index in [1.807, 2.05) is 0 Å². The molecule has 108 valence electrons. The van der Waals surface area contributed by atoms with E-state index in [1.165, 1.54) is 6.07 Å². The van der Waals surface area contributed by atoms with E-state index in [-0.39, 0.29) is 5.69 Å². The van der Waals surface area contributed by atoms with Crippen molar-refractivity contribution in [1.29, 1.82) is 0 Å². The predicted octanol–water partition coefficient (Wildman–Crippen LogP) is 2.89. The van der Waals surface area contributed by atoms with Crippen LogP contribution in [-0.2, 0) is 4.79 Å². The van der Waals surface area contributed by atoms with E-state index >= 15 is 0 Å². The zero-order valence-corrected chi connectivity index (χ0v) is 13.2. The molecule has 6 nitrogen and oxygen atoms in total. The molecule has 1 saturated heterocycles. The van der Waals surface area contributed by atoms with E-state index in [2.05, 4.69) is 27.5 Å². The molecule has 0 amide bonds. The van der Waals surface area contributed by atoms with E-state index in [4.69, 9.17) is 0 Å². The standard InChI is InChI=1S/C13H15IN2O4/c1-13(12(17)18)4-6-15(7-5-13)11-3-2-9(16(19)20)8-10(11)14/h2-3,8H,4-7H2,1H3,(H,17,18). The minimum absolute atomic E-state index is 0.0746. The summed E-state index contributed by atoms with van der Waals surface area (Å²) in [7, 11) is 0. The monoisotopic (exact) mass is 390 g/mol. The number of halogens is 1. The molecule has 1 N–H and O–H groups in total. The topological polar surface area (TPSA) is 83.7 Å². The Balaban J connectivity index is 2.15. The van der Waals surface area contributed by atoms with E-state index in [0.717, 1.165) is 9.26 Å². The molecule has 1 aromatic carbocycles. The first-order valence-corrected chi connectivity index (χ1v) is 7.34. The van der Waals surface area contributed by atoms with Crippen molar-refractivity contribution in [3.05, 3.63) is 31.9 Å². The Labute approximate surface area is 130 Å². The lowest BCUT2D eigenvalue weighted by atomic mass is 9.80. The Morgan fingerprint density at radius 2 is 2.05 bits per heavy atom. The van der Waals surface area contributed by atoms with Gasteiger partial charge in [-0.25, -0.2) is 0 Å². The van der Waals surface area contributed by atoms with Crippen molar-refractivity contribution in [2.24, 2.45) is 5.41 Å². The molecule has 1 heterocycles. The normalized spacial score (nSPS) is 17.8. The molecule has 0 unspecified atom stereocenters. The van der Waals surface area contributed by atoms with Gasteiger partial charge >= 0.3 is 5.97 Å². The van der Waals surface area contributed by atoms with Crippen LogP contribution in [0.5, 0.6) is 0 Å². The van der Waals surface area contributed by atoms with Crippen molar-refractivity contribution >= 4 is 39.9 Å². The van der Waals surface area contributed by atoms with Crippen LogP contribution in [0, 0.1) is 19.1 Å². The van der Waals surface area contributed by atoms with Crippen LogP contribution in [0.4, 0.5) is 11.4 Å². The fraction of sp³-hybridized carbons (Fsp3) is 0.462. The third-order valence-electron chi connectivity index (χ3n) is 3.87. The Hall–Kier alpha value is -1.38. The van der Waals surface area contributed by atoms with Gasteiger partial charge in [-0.1, -0.05) is 0 Å². The van der Waals surface area contributed by atoms with Gasteiger partial charge in [-0.3, -0.25) is 14.9 Å². The molecule has 2 rings (SSSR count). The van der Waals surface area contributed by atoms with Gasteiger partial charge in [0.2, 0.25) is 0 Å². The smallest absolute Gasteiger partial charge is 0.309 e. The Morgan fingerprint density at radius 1 is 1.45 bits per heavy atom. The summed E-state index contributed by atoms with van der Waals surface area (Å²) in [6.45, 7) is 3.07. The van der Waals surface area contributed by atoms with Crippen LogP contribution >= 0.6 is 22.6 Å². The highest BCUT2D eigenvalue weighted by Crippen LogP contribution is 2.35. The summed E-state index contributed by atoms with van der Waals surface area (Å²) in [5.74, 6) is -0.754. The van der Waals surface area contributed by atoms with Gasteiger partial charge in [0.15, 0.2) is 0 Å². The Bertz CT molecular complexity index is 553. The second-order valence-corrected chi connectivity index (χ2v) is 6.41. The van der Waals surface area contributed by atoms with Gasteiger partial charge in [0, 0.05) is 28.8 Å². The number of anilines is 1. The van der Waals surface area contributed by atoms with Gasteiger partial charge in [0.05, 0.1) is 16.0 Å². The number of piperidine rings is 1. The van der Waals surface area contributed by atoms with Crippen molar-refractivity contribution in [3.8, 4) is 0 Å². The number of non-ortho nitro benzene ring substituents is 1. The second kappa shape index (κ2) is 5.55. The van der Waals surface area contributed by atoms with Crippen LogP contribution < -0.4 is 4.90 Å². The maximum atomic E-state index is 11.2. The van der Waals surface area contributed by atoms with E-state index in [9.17, 15) is 20.0 Å². The lowest BCUT2D eigenvalue weighted by molar-refractivity contribution is -0.384. The molecule has 0 aromatic heterocycles. The van der Waals surface area contributed by atoms with Crippen LogP contribution in [0.1, 0.15) is 19.8 Å². The van der Waals surface area contributed by atoms with Gasteiger partial charge in [0.1, 0.15) is 0 Å². The SMILES string of the molecule is CC1(C(=O)O)CCN(c2ccc([N+](=O)[O-])cc2I)CC1. The van der Waals surface area contributed by atoms with Gasteiger partial charge in [-0.05, 0) is 48.4 Å². The van der Waals surface area contributed by atoms with Crippen LogP contribution in [-0.4, -0.2) is 29.1 Å². The molecule has 0 saturated carbocycles. The molecule has 1 fully saturated rings. The molecule has 0 bridgehead atoms. The molecular formula is C13H15IN2O4. The zero-order chi connectivity index (χ0) is 14.9. The maximum absolute atomic E-state index is 11.2. The van der Waals surface area contributed by atoms with Gasteiger partial charge in [-0.15, -0.1) is 0 Å². The molecule has 0 atom stereocenters. The molecule has 0 aliphatic carbocycles.